The lowest BCUT2D eigenvalue weighted by Gasteiger charge is -2.08. The van der Waals surface area contributed by atoms with Crippen LogP contribution in [0, 0.1) is 0 Å². The molecule has 0 aromatic heterocycles. The van der Waals surface area contributed by atoms with E-state index in [0.717, 1.165) is 4.90 Å². The third kappa shape index (κ3) is 7.25. The average Bonchev–Trinajstić information content (AvgIpc) is 2.69. The molecule has 0 N–H and O–H groups in total. The highest BCUT2D eigenvalue weighted by Gasteiger charge is 2.37. The second-order valence-corrected chi connectivity index (χ2v) is 11.7. The van der Waals surface area contributed by atoms with Crippen LogP contribution in [0.25, 0.3) is 0 Å². The molecule has 0 unspecified atom stereocenters. The first-order valence-electron chi connectivity index (χ1n) is 8.22. The first-order valence-corrected chi connectivity index (χ1v) is 13.2. The summed E-state index contributed by atoms with van der Waals surface area (Å²) in [6.07, 6.45) is 0. The van der Waals surface area contributed by atoms with Gasteiger partial charge in [0.25, 0.3) is 9.05 Å². The first-order chi connectivity index (χ1) is 14.3. The SMILES string of the molecule is O=S(=O)(Cl)c1ccc([S+](c2ccccc2)c2ccccc2)cc1.O=S(=O)([O-])C(F)(F)F. The van der Waals surface area contributed by atoms with Crippen molar-refractivity contribution in [3.63, 3.8) is 0 Å². The van der Waals surface area contributed by atoms with Crippen LogP contribution in [0.1, 0.15) is 0 Å². The lowest BCUT2D eigenvalue weighted by Crippen LogP contribution is -2.21. The molecule has 166 valence electrons. The van der Waals surface area contributed by atoms with Crippen LogP contribution >= 0.6 is 10.7 Å². The Morgan fingerprint density at radius 2 is 1.00 bits per heavy atom. The molecule has 0 atom stereocenters. The maximum Gasteiger partial charge on any atom is 0.485 e. The molecule has 0 spiro atoms. The van der Waals surface area contributed by atoms with Gasteiger partial charge in [-0.1, -0.05) is 36.4 Å². The summed E-state index contributed by atoms with van der Waals surface area (Å²) in [5.41, 5.74) is -5.65. The van der Waals surface area contributed by atoms with Gasteiger partial charge in [-0.2, -0.15) is 13.2 Å². The van der Waals surface area contributed by atoms with Crippen molar-refractivity contribution >= 4 is 40.7 Å². The number of alkyl halides is 3. The van der Waals surface area contributed by atoms with Crippen LogP contribution in [0.15, 0.2) is 105 Å². The number of rotatable bonds is 4. The molecule has 0 heterocycles. The van der Waals surface area contributed by atoms with Gasteiger partial charge in [-0.25, -0.2) is 16.8 Å². The first kappa shape index (κ1) is 25.2. The molecule has 3 rings (SSSR count). The van der Waals surface area contributed by atoms with Crippen molar-refractivity contribution in [1.82, 2.24) is 0 Å². The van der Waals surface area contributed by atoms with E-state index in [0.29, 0.717) is 0 Å². The van der Waals surface area contributed by atoms with E-state index in [-0.39, 0.29) is 15.8 Å². The van der Waals surface area contributed by atoms with Gasteiger partial charge in [0.2, 0.25) is 0 Å². The van der Waals surface area contributed by atoms with Crippen molar-refractivity contribution in [1.29, 1.82) is 0 Å². The maximum atomic E-state index is 11.4. The Labute approximate surface area is 185 Å². The fraction of sp³-hybridized carbons (Fsp3) is 0.0526. The minimum atomic E-state index is -6.09. The molecule has 12 heteroatoms. The van der Waals surface area contributed by atoms with Crippen LogP contribution in [-0.2, 0) is 30.1 Å². The van der Waals surface area contributed by atoms with Gasteiger partial charge in [-0.3, -0.25) is 0 Å². The van der Waals surface area contributed by atoms with Crippen LogP contribution in [0.2, 0.25) is 0 Å². The standard InChI is InChI=1S/C18H14ClO2S2.CHF3O3S/c19-23(20,21)18-13-11-17(12-14-18)22(15-7-3-1-4-8-15)16-9-5-2-6-10-16;2-1(3,4)8(5,6)7/h1-14H;(H,5,6,7)/q+1;/p-1. The Kier molecular flexibility index (Phi) is 8.17. The van der Waals surface area contributed by atoms with Gasteiger partial charge in [0.15, 0.2) is 24.8 Å². The van der Waals surface area contributed by atoms with Crippen LogP contribution in [0.5, 0.6) is 0 Å². The maximum absolute atomic E-state index is 11.4. The summed E-state index contributed by atoms with van der Waals surface area (Å²) in [6, 6.07) is 27.1. The summed E-state index contributed by atoms with van der Waals surface area (Å²) < 4.78 is 81.7. The second kappa shape index (κ2) is 10.0. The van der Waals surface area contributed by atoms with Crippen LogP contribution in [0.3, 0.4) is 0 Å². The molecule has 0 fully saturated rings. The van der Waals surface area contributed by atoms with Gasteiger partial charge < -0.3 is 4.55 Å². The number of hydrogen-bond acceptors (Lipinski definition) is 5. The van der Waals surface area contributed by atoms with E-state index in [9.17, 15) is 21.6 Å². The summed E-state index contributed by atoms with van der Waals surface area (Å²) in [7, 11) is -4.68. The van der Waals surface area contributed by atoms with Gasteiger partial charge in [-0.05, 0) is 48.5 Å². The van der Waals surface area contributed by atoms with Crippen LogP contribution < -0.4 is 0 Å². The Morgan fingerprint density at radius 3 is 1.29 bits per heavy atom. The molecule has 0 aliphatic rings. The van der Waals surface area contributed by atoms with Gasteiger partial charge >= 0.3 is 5.51 Å². The minimum absolute atomic E-state index is 0.118. The predicted molar refractivity (Wildman–Crippen MR) is 110 cm³/mol. The van der Waals surface area contributed by atoms with Crippen molar-refractivity contribution < 1.29 is 34.6 Å². The molecule has 0 saturated carbocycles. The highest BCUT2D eigenvalue weighted by Crippen LogP contribution is 2.31. The zero-order valence-corrected chi connectivity index (χ0v) is 18.6. The Morgan fingerprint density at radius 1 is 0.677 bits per heavy atom. The summed E-state index contributed by atoms with van der Waals surface area (Å²) in [5, 5.41) is 0. The van der Waals surface area contributed by atoms with E-state index < -0.39 is 24.7 Å². The Hall–Kier alpha value is -2.05. The number of hydrogen-bond donors (Lipinski definition) is 0. The van der Waals surface area contributed by atoms with Crippen molar-refractivity contribution in [3.8, 4) is 0 Å². The van der Waals surface area contributed by atoms with Gasteiger partial charge in [-0.15, -0.1) is 0 Å². The number of halogens is 4. The molecule has 31 heavy (non-hydrogen) atoms. The molecule has 3 aromatic rings. The zero-order valence-electron chi connectivity index (χ0n) is 15.4. The quantitative estimate of drug-likeness (QED) is 0.218. The lowest BCUT2D eigenvalue weighted by molar-refractivity contribution is -0.0517. The summed E-state index contributed by atoms with van der Waals surface area (Å²) in [4.78, 5) is 3.53. The smallest absolute Gasteiger partial charge is 0.485 e. The highest BCUT2D eigenvalue weighted by molar-refractivity contribution is 8.13. The minimum Gasteiger partial charge on any atom is -0.741 e. The van der Waals surface area contributed by atoms with E-state index >= 15 is 0 Å². The van der Waals surface area contributed by atoms with Gasteiger partial charge in [0.05, 0.1) is 15.8 Å². The van der Waals surface area contributed by atoms with Crippen molar-refractivity contribution in [2.24, 2.45) is 0 Å². The summed E-state index contributed by atoms with van der Waals surface area (Å²) in [6.45, 7) is 0. The molecule has 0 radical (unpaired) electrons. The third-order valence-corrected chi connectivity index (χ3v) is 7.75. The van der Waals surface area contributed by atoms with E-state index in [1.807, 2.05) is 48.5 Å². The largest absolute Gasteiger partial charge is 0.741 e. The molecular weight excluding hydrogens is 497 g/mol. The zero-order chi connectivity index (χ0) is 23.3. The van der Waals surface area contributed by atoms with E-state index in [1.165, 1.54) is 9.79 Å². The normalized spacial score (nSPS) is 12.2. The Bertz CT molecular complexity index is 1160. The summed E-state index contributed by atoms with van der Waals surface area (Å²) in [5.74, 6) is 0. The number of benzene rings is 3. The fourth-order valence-electron chi connectivity index (χ4n) is 2.26. The van der Waals surface area contributed by atoms with E-state index in [4.69, 9.17) is 23.7 Å². The van der Waals surface area contributed by atoms with Gasteiger partial charge in [0.1, 0.15) is 0 Å². The second-order valence-electron chi connectivity index (χ2n) is 5.74. The van der Waals surface area contributed by atoms with Crippen molar-refractivity contribution in [3.05, 3.63) is 84.9 Å². The van der Waals surface area contributed by atoms with Crippen LogP contribution in [-0.4, -0.2) is 26.9 Å². The molecule has 0 bridgehead atoms. The molecule has 5 nitrogen and oxygen atoms in total. The molecule has 3 aromatic carbocycles. The third-order valence-electron chi connectivity index (χ3n) is 3.58. The van der Waals surface area contributed by atoms with Crippen LogP contribution in [0.4, 0.5) is 13.2 Å². The average molecular weight is 511 g/mol. The van der Waals surface area contributed by atoms with E-state index in [2.05, 4.69) is 24.3 Å². The fourth-order valence-corrected chi connectivity index (χ4v) is 5.11. The lowest BCUT2D eigenvalue weighted by atomic mass is 10.4. The summed E-state index contributed by atoms with van der Waals surface area (Å²) >= 11 is 0. The molecule has 0 aliphatic carbocycles. The molecule has 0 amide bonds. The Balaban J connectivity index is 0.000000366. The van der Waals surface area contributed by atoms with E-state index in [1.54, 1.807) is 12.1 Å². The van der Waals surface area contributed by atoms with Gasteiger partial charge in [0, 0.05) is 10.7 Å². The van der Waals surface area contributed by atoms with Crippen molar-refractivity contribution in [2.75, 3.05) is 0 Å². The topological polar surface area (TPSA) is 91.3 Å². The predicted octanol–water partition coefficient (Wildman–Crippen LogP) is 4.76. The molecule has 0 saturated heterocycles. The molecular formula is C19H14ClF3O5S3. The van der Waals surface area contributed by atoms with Crippen molar-refractivity contribution in [2.45, 2.75) is 25.1 Å². The molecule has 0 aliphatic heterocycles. The monoisotopic (exact) mass is 510 g/mol. The highest BCUT2D eigenvalue weighted by atomic mass is 35.7.